The molecule has 0 aromatic rings. The van der Waals surface area contributed by atoms with Crippen molar-refractivity contribution in [3.63, 3.8) is 0 Å². The zero-order chi connectivity index (χ0) is 13.5. The molecule has 0 saturated carbocycles. The fraction of sp³-hybridized carbons (Fsp3) is 0.667. The van der Waals surface area contributed by atoms with Crippen molar-refractivity contribution in [3.8, 4) is 0 Å². The number of rotatable bonds is 7. The van der Waals surface area contributed by atoms with Gasteiger partial charge in [-0.1, -0.05) is 12.2 Å². The van der Waals surface area contributed by atoms with Crippen LogP contribution in [0.3, 0.4) is 0 Å². The first-order valence-corrected chi connectivity index (χ1v) is 5.89. The number of carbonyl (C=O) groups is 2. The quantitative estimate of drug-likeness (QED) is 0.507. The summed E-state index contributed by atoms with van der Waals surface area (Å²) in [6, 6.07) is 0. The molecule has 6 nitrogen and oxygen atoms in total. The van der Waals surface area contributed by atoms with E-state index in [0.717, 1.165) is 5.57 Å². The maximum absolute atomic E-state index is 11.6. The van der Waals surface area contributed by atoms with E-state index in [0.29, 0.717) is 32.6 Å². The molecule has 0 bridgehead atoms. The van der Waals surface area contributed by atoms with Crippen molar-refractivity contribution >= 4 is 11.9 Å². The SMILES string of the molecule is C=C(C)COCCNC(=O)C1CCC(C(=O)O)O1. The summed E-state index contributed by atoms with van der Waals surface area (Å²) in [6.45, 7) is 6.79. The summed E-state index contributed by atoms with van der Waals surface area (Å²) in [5.74, 6) is -1.30. The lowest BCUT2D eigenvalue weighted by molar-refractivity contribution is -0.151. The van der Waals surface area contributed by atoms with Crippen LogP contribution in [0.1, 0.15) is 19.8 Å². The second kappa shape index (κ2) is 7.13. The van der Waals surface area contributed by atoms with E-state index in [-0.39, 0.29) is 5.91 Å². The number of carbonyl (C=O) groups excluding carboxylic acids is 1. The van der Waals surface area contributed by atoms with Gasteiger partial charge in [0.1, 0.15) is 6.10 Å². The number of nitrogens with one attached hydrogen (secondary N) is 1. The van der Waals surface area contributed by atoms with Gasteiger partial charge in [-0.05, 0) is 19.8 Å². The predicted molar refractivity (Wildman–Crippen MR) is 64.2 cm³/mol. The minimum atomic E-state index is -1.02. The van der Waals surface area contributed by atoms with Crippen molar-refractivity contribution in [1.29, 1.82) is 0 Å². The zero-order valence-corrected chi connectivity index (χ0v) is 10.5. The number of amides is 1. The van der Waals surface area contributed by atoms with Gasteiger partial charge < -0.3 is 19.9 Å². The number of carboxylic acid groups (broad SMARTS) is 1. The molecular weight excluding hydrogens is 238 g/mol. The second-order valence-electron chi connectivity index (χ2n) is 4.33. The van der Waals surface area contributed by atoms with Crippen LogP contribution in [0, 0.1) is 0 Å². The third-order valence-corrected chi connectivity index (χ3v) is 2.48. The van der Waals surface area contributed by atoms with Gasteiger partial charge in [0.05, 0.1) is 13.2 Å². The van der Waals surface area contributed by atoms with Gasteiger partial charge in [-0.25, -0.2) is 4.79 Å². The predicted octanol–water partition coefficient (Wildman–Crippen LogP) is 0.327. The molecule has 102 valence electrons. The van der Waals surface area contributed by atoms with Crippen molar-refractivity contribution in [2.45, 2.75) is 32.0 Å². The Morgan fingerprint density at radius 2 is 2.11 bits per heavy atom. The Bertz CT molecular complexity index is 328. The summed E-state index contributed by atoms with van der Waals surface area (Å²) in [6.07, 6.45) is -0.706. The van der Waals surface area contributed by atoms with E-state index in [1.165, 1.54) is 0 Å². The molecule has 0 radical (unpaired) electrons. The molecule has 2 atom stereocenters. The number of hydrogen-bond acceptors (Lipinski definition) is 4. The van der Waals surface area contributed by atoms with E-state index in [2.05, 4.69) is 11.9 Å². The van der Waals surface area contributed by atoms with Crippen molar-refractivity contribution in [2.24, 2.45) is 0 Å². The summed E-state index contributed by atoms with van der Waals surface area (Å²) in [7, 11) is 0. The Morgan fingerprint density at radius 1 is 1.44 bits per heavy atom. The Balaban J connectivity index is 2.14. The van der Waals surface area contributed by atoms with Crippen molar-refractivity contribution in [3.05, 3.63) is 12.2 Å². The molecule has 2 unspecified atom stereocenters. The van der Waals surface area contributed by atoms with E-state index in [9.17, 15) is 9.59 Å². The summed E-state index contributed by atoms with van der Waals surface area (Å²) in [5.41, 5.74) is 0.921. The van der Waals surface area contributed by atoms with Crippen LogP contribution in [0.2, 0.25) is 0 Å². The van der Waals surface area contributed by atoms with Gasteiger partial charge in [0.25, 0.3) is 0 Å². The Morgan fingerprint density at radius 3 is 2.67 bits per heavy atom. The minimum absolute atomic E-state index is 0.280. The summed E-state index contributed by atoms with van der Waals surface area (Å²) >= 11 is 0. The highest BCUT2D eigenvalue weighted by Crippen LogP contribution is 2.19. The maximum Gasteiger partial charge on any atom is 0.332 e. The zero-order valence-electron chi connectivity index (χ0n) is 10.5. The lowest BCUT2D eigenvalue weighted by atomic mass is 10.2. The first-order chi connectivity index (χ1) is 8.50. The van der Waals surface area contributed by atoms with E-state index < -0.39 is 18.2 Å². The Labute approximate surface area is 106 Å². The van der Waals surface area contributed by atoms with Crippen LogP contribution in [0.4, 0.5) is 0 Å². The van der Waals surface area contributed by atoms with Crippen LogP contribution in [-0.2, 0) is 19.1 Å². The molecule has 0 aliphatic carbocycles. The summed E-state index contributed by atoms with van der Waals surface area (Å²) < 4.78 is 10.3. The maximum atomic E-state index is 11.6. The van der Waals surface area contributed by atoms with E-state index >= 15 is 0 Å². The highest BCUT2D eigenvalue weighted by Gasteiger charge is 2.34. The molecule has 2 N–H and O–H groups in total. The van der Waals surface area contributed by atoms with Gasteiger partial charge in [-0.3, -0.25) is 4.79 Å². The first-order valence-electron chi connectivity index (χ1n) is 5.89. The average molecular weight is 257 g/mol. The first kappa shape index (κ1) is 14.7. The standard InChI is InChI=1S/C12H19NO5/c1-8(2)7-17-6-5-13-11(14)9-3-4-10(18-9)12(15)16/h9-10H,1,3-7H2,2H3,(H,13,14)(H,15,16). The van der Waals surface area contributed by atoms with Crippen molar-refractivity contribution < 1.29 is 24.2 Å². The lowest BCUT2D eigenvalue weighted by Gasteiger charge is -2.11. The molecule has 0 aromatic heterocycles. The van der Waals surface area contributed by atoms with Crippen molar-refractivity contribution in [1.82, 2.24) is 5.32 Å². The van der Waals surface area contributed by atoms with Crippen molar-refractivity contribution in [2.75, 3.05) is 19.8 Å². The van der Waals surface area contributed by atoms with Gasteiger partial charge >= 0.3 is 5.97 Å². The molecule has 18 heavy (non-hydrogen) atoms. The molecule has 6 heteroatoms. The lowest BCUT2D eigenvalue weighted by Crippen LogP contribution is -2.37. The van der Waals surface area contributed by atoms with Gasteiger partial charge in [0.15, 0.2) is 6.10 Å². The highest BCUT2D eigenvalue weighted by molar-refractivity contribution is 5.82. The van der Waals surface area contributed by atoms with Gasteiger partial charge in [0, 0.05) is 6.54 Å². The van der Waals surface area contributed by atoms with Gasteiger partial charge in [0.2, 0.25) is 5.91 Å². The van der Waals surface area contributed by atoms with Crippen LogP contribution in [0.15, 0.2) is 12.2 Å². The minimum Gasteiger partial charge on any atom is -0.479 e. The molecule has 1 heterocycles. The van der Waals surface area contributed by atoms with Crippen LogP contribution < -0.4 is 5.32 Å². The molecule has 1 aliphatic heterocycles. The summed E-state index contributed by atoms with van der Waals surface area (Å²) in [5, 5.41) is 11.4. The fourth-order valence-electron chi connectivity index (χ4n) is 1.62. The second-order valence-corrected chi connectivity index (χ2v) is 4.33. The molecule has 1 aliphatic rings. The Hall–Kier alpha value is -1.40. The monoisotopic (exact) mass is 257 g/mol. The fourth-order valence-corrected chi connectivity index (χ4v) is 1.62. The highest BCUT2D eigenvalue weighted by atomic mass is 16.5. The number of ether oxygens (including phenoxy) is 2. The van der Waals surface area contributed by atoms with Crippen LogP contribution in [0.25, 0.3) is 0 Å². The smallest absolute Gasteiger partial charge is 0.332 e. The van der Waals surface area contributed by atoms with E-state index in [1.54, 1.807) is 0 Å². The third kappa shape index (κ3) is 4.85. The Kier molecular flexibility index (Phi) is 5.80. The van der Waals surface area contributed by atoms with E-state index in [1.807, 2.05) is 6.92 Å². The number of carboxylic acids is 1. The molecule has 1 rings (SSSR count). The third-order valence-electron chi connectivity index (χ3n) is 2.48. The van der Waals surface area contributed by atoms with Crippen LogP contribution in [-0.4, -0.2) is 48.9 Å². The van der Waals surface area contributed by atoms with Crippen LogP contribution >= 0.6 is 0 Å². The molecular formula is C12H19NO5. The molecule has 1 saturated heterocycles. The largest absolute Gasteiger partial charge is 0.479 e. The molecule has 0 aromatic carbocycles. The van der Waals surface area contributed by atoms with Crippen LogP contribution in [0.5, 0.6) is 0 Å². The van der Waals surface area contributed by atoms with Gasteiger partial charge in [-0.15, -0.1) is 0 Å². The average Bonchev–Trinajstić information content (AvgIpc) is 2.77. The normalized spacial score (nSPS) is 22.7. The van der Waals surface area contributed by atoms with E-state index in [4.69, 9.17) is 14.6 Å². The molecule has 1 amide bonds. The molecule has 1 fully saturated rings. The summed E-state index contributed by atoms with van der Waals surface area (Å²) in [4.78, 5) is 22.3. The number of aliphatic carboxylic acids is 1. The topological polar surface area (TPSA) is 84.9 Å². The molecule has 0 spiro atoms. The van der Waals surface area contributed by atoms with Gasteiger partial charge in [-0.2, -0.15) is 0 Å². The number of hydrogen-bond donors (Lipinski definition) is 2.